The first-order chi connectivity index (χ1) is 7.77. The second-order valence-electron chi connectivity index (χ2n) is 4.00. The van der Waals surface area contributed by atoms with Gasteiger partial charge in [-0.3, -0.25) is 0 Å². The summed E-state index contributed by atoms with van der Waals surface area (Å²) in [6.07, 6.45) is 15.4. The van der Waals surface area contributed by atoms with Crippen molar-refractivity contribution >= 4 is 5.78 Å². The van der Waals surface area contributed by atoms with Crippen molar-refractivity contribution in [2.24, 2.45) is 0 Å². The first-order valence-corrected chi connectivity index (χ1v) is 6.17. The number of hydrogen-bond donors (Lipinski definition) is 1. The summed E-state index contributed by atoms with van der Waals surface area (Å²) in [5, 5.41) is 8.50. The number of aliphatic hydroxyl groups is 1. The molecule has 0 rings (SSSR count). The van der Waals surface area contributed by atoms with Gasteiger partial charge in [-0.05, 0) is 45.4 Å². The van der Waals surface area contributed by atoms with E-state index in [2.05, 4.69) is 12.2 Å². The SMILES string of the molecule is CC(=O)CCCCC=CCCCC=CCO. The van der Waals surface area contributed by atoms with Crippen LogP contribution in [0.5, 0.6) is 0 Å². The molecule has 92 valence electrons. The Hall–Kier alpha value is -0.890. The maximum Gasteiger partial charge on any atom is 0.129 e. The zero-order chi connectivity index (χ0) is 12.1. The Kier molecular flexibility index (Phi) is 11.5. The third kappa shape index (κ3) is 13.1. The molecule has 0 aliphatic heterocycles. The van der Waals surface area contributed by atoms with Gasteiger partial charge in [-0.1, -0.05) is 24.3 Å². The molecule has 0 aromatic carbocycles. The zero-order valence-electron chi connectivity index (χ0n) is 10.3. The van der Waals surface area contributed by atoms with Gasteiger partial charge in [-0.15, -0.1) is 0 Å². The summed E-state index contributed by atoms with van der Waals surface area (Å²) in [7, 11) is 0. The number of carbonyl (C=O) groups excluding carboxylic acids is 1. The third-order valence-electron chi connectivity index (χ3n) is 2.33. The fraction of sp³-hybridized carbons (Fsp3) is 0.643. The molecule has 0 atom stereocenters. The van der Waals surface area contributed by atoms with Gasteiger partial charge in [0.1, 0.15) is 5.78 Å². The number of unbranched alkanes of at least 4 members (excludes halogenated alkanes) is 4. The summed E-state index contributed by atoms with van der Waals surface area (Å²) < 4.78 is 0. The van der Waals surface area contributed by atoms with E-state index in [1.54, 1.807) is 13.0 Å². The molecule has 2 heteroatoms. The van der Waals surface area contributed by atoms with Gasteiger partial charge in [-0.2, -0.15) is 0 Å². The van der Waals surface area contributed by atoms with E-state index < -0.39 is 0 Å². The van der Waals surface area contributed by atoms with Crippen molar-refractivity contribution in [1.29, 1.82) is 0 Å². The van der Waals surface area contributed by atoms with Gasteiger partial charge in [0, 0.05) is 6.42 Å². The number of rotatable bonds is 10. The molecule has 0 bridgehead atoms. The molecule has 0 saturated carbocycles. The second kappa shape index (κ2) is 12.2. The van der Waals surface area contributed by atoms with Gasteiger partial charge in [0.2, 0.25) is 0 Å². The summed E-state index contributed by atoms with van der Waals surface area (Å²) >= 11 is 0. The van der Waals surface area contributed by atoms with Crippen molar-refractivity contribution in [2.45, 2.75) is 51.9 Å². The Morgan fingerprint density at radius 1 is 0.938 bits per heavy atom. The quantitative estimate of drug-likeness (QED) is 0.456. The van der Waals surface area contributed by atoms with Gasteiger partial charge in [0.05, 0.1) is 6.61 Å². The van der Waals surface area contributed by atoms with Crippen molar-refractivity contribution in [3.05, 3.63) is 24.3 Å². The Bertz CT molecular complexity index is 217. The number of carbonyl (C=O) groups is 1. The molecule has 0 aliphatic rings. The minimum Gasteiger partial charge on any atom is -0.392 e. The van der Waals surface area contributed by atoms with Crippen molar-refractivity contribution < 1.29 is 9.90 Å². The standard InChI is InChI=1S/C14H24O2/c1-14(16)12-10-8-6-4-2-3-5-7-9-11-13-15/h2,4,9,11,15H,3,5-8,10,12-13H2,1H3. The summed E-state index contributed by atoms with van der Waals surface area (Å²) in [6.45, 7) is 1.79. The Morgan fingerprint density at radius 3 is 2.06 bits per heavy atom. The van der Waals surface area contributed by atoms with Gasteiger partial charge < -0.3 is 9.90 Å². The maximum atomic E-state index is 10.7. The van der Waals surface area contributed by atoms with E-state index in [0.29, 0.717) is 5.78 Å². The number of allylic oxidation sites excluding steroid dienone is 3. The van der Waals surface area contributed by atoms with Crippen LogP contribution in [0.25, 0.3) is 0 Å². The van der Waals surface area contributed by atoms with Crippen molar-refractivity contribution in [3.63, 3.8) is 0 Å². The molecule has 2 nitrogen and oxygen atoms in total. The van der Waals surface area contributed by atoms with Crippen LogP contribution in [0.15, 0.2) is 24.3 Å². The summed E-state index contributed by atoms with van der Waals surface area (Å²) in [6, 6.07) is 0. The highest BCUT2D eigenvalue weighted by Crippen LogP contribution is 2.03. The molecular weight excluding hydrogens is 200 g/mol. The van der Waals surface area contributed by atoms with Gasteiger partial charge in [0.25, 0.3) is 0 Å². The molecule has 0 heterocycles. The largest absolute Gasteiger partial charge is 0.392 e. The van der Waals surface area contributed by atoms with Crippen LogP contribution < -0.4 is 0 Å². The number of aliphatic hydroxyl groups excluding tert-OH is 1. The second-order valence-corrected chi connectivity index (χ2v) is 4.00. The zero-order valence-corrected chi connectivity index (χ0v) is 10.3. The molecular formula is C14H24O2. The van der Waals surface area contributed by atoms with Crippen molar-refractivity contribution in [3.8, 4) is 0 Å². The van der Waals surface area contributed by atoms with Crippen LogP contribution >= 0.6 is 0 Å². The lowest BCUT2D eigenvalue weighted by atomic mass is 10.1. The third-order valence-corrected chi connectivity index (χ3v) is 2.33. The van der Waals surface area contributed by atoms with Gasteiger partial charge >= 0.3 is 0 Å². The Labute approximate surface area is 99.1 Å². The lowest BCUT2D eigenvalue weighted by Crippen LogP contribution is -1.88. The first-order valence-electron chi connectivity index (χ1n) is 6.17. The highest BCUT2D eigenvalue weighted by molar-refractivity contribution is 5.75. The molecule has 0 amide bonds. The highest BCUT2D eigenvalue weighted by atomic mass is 16.2. The van der Waals surface area contributed by atoms with E-state index in [1.807, 2.05) is 6.08 Å². The molecule has 1 N–H and O–H groups in total. The molecule has 0 saturated heterocycles. The van der Waals surface area contributed by atoms with Crippen LogP contribution in [0.1, 0.15) is 51.9 Å². The fourth-order valence-electron chi connectivity index (χ4n) is 1.42. The van der Waals surface area contributed by atoms with E-state index in [9.17, 15) is 4.79 Å². The molecule has 0 aromatic rings. The molecule has 0 fully saturated rings. The van der Waals surface area contributed by atoms with Gasteiger partial charge in [0.15, 0.2) is 0 Å². The predicted octanol–water partition coefficient (Wildman–Crippen LogP) is 3.41. The Balaban J connectivity index is 3.16. The van der Waals surface area contributed by atoms with Crippen molar-refractivity contribution in [1.82, 2.24) is 0 Å². The van der Waals surface area contributed by atoms with Crippen LogP contribution in [-0.2, 0) is 4.79 Å². The lowest BCUT2D eigenvalue weighted by molar-refractivity contribution is -0.117. The molecule has 0 aliphatic carbocycles. The molecule has 0 aromatic heterocycles. The topological polar surface area (TPSA) is 37.3 Å². The minimum absolute atomic E-state index is 0.145. The molecule has 0 radical (unpaired) electrons. The summed E-state index contributed by atoms with van der Waals surface area (Å²) in [4.78, 5) is 10.7. The van der Waals surface area contributed by atoms with Crippen LogP contribution in [-0.4, -0.2) is 17.5 Å². The monoisotopic (exact) mass is 224 g/mol. The van der Waals surface area contributed by atoms with Gasteiger partial charge in [-0.25, -0.2) is 0 Å². The smallest absolute Gasteiger partial charge is 0.129 e. The average molecular weight is 224 g/mol. The van der Waals surface area contributed by atoms with E-state index in [1.165, 1.54) is 0 Å². The minimum atomic E-state index is 0.145. The van der Waals surface area contributed by atoms with E-state index in [-0.39, 0.29) is 6.61 Å². The number of Topliss-reactive ketones (excluding diaryl/α,β-unsaturated/α-hetero) is 1. The van der Waals surface area contributed by atoms with E-state index >= 15 is 0 Å². The molecule has 0 unspecified atom stereocenters. The van der Waals surface area contributed by atoms with Crippen LogP contribution in [0.2, 0.25) is 0 Å². The predicted molar refractivity (Wildman–Crippen MR) is 68.4 cm³/mol. The van der Waals surface area contributed by atoms with Crippen LogP contribution in [0.3, 0.4) is 0 Å². The molecule has 16 heavy (non-hydrogen) atoms. The van der Waals surface area contributed by atoms with Crippen LogP contribution in [0.4, 0.5) is 0 Å². The normalized spacial score (nSPS) is 11.6. The maximum absolute atomic E-state index is 10.7. The Morgan fingerprint density at radius 2 is 1.50 bits per heavy atom. The summed E-state index contributed by atoms with van der Waals surface area (Å²) in [5.74, 6) is 0.291. The van der Waals surface area contributed by atoms with Crippen LogP contribution in [0, 0.1) is 0 Å². The molecule has 0 spiro atoms. The average Bonchev–Trinajstić information content (AvgIpc) is 2.25. The number of ketones is 1. The van der Waals surface area contributed by atoms with Crippen molar-refractivity contribution in [2.75, 3.05) is 6.61 Å². The fourth-order valence-corrected chi connectivity index (χ4v) is 1.42. The lowest BCUT2D eigenvalue weighted by Gasteiger charge is -1.94. The number of hydrogen-bond acceptors (Lipinski definition) is 2. The summed E-state index contributed by atoms with van der Waals surface area (Å²) in [5.41, 5.74) is 0. The highest BCUT2D eigenvalue weighted by Gasteiger charge is 1.91. The van der Waals surface area contributed by atoms with E-state index in [0.717, 1.165) is 44.9 Å². The van der Waals surface area contributed by atoms with E-state index in [4.69, 9.17) is 5.11 Å². The first kappa shape index (κ1) is 15.1.